The van der Waals surface area contributed by atoms with Crippen molar-refractivity contribution in [1.29, 1.82) is 0 Å². The molecule has 102 valence electrons. The minimum Gasteiger partial charge on any atom is -0.398 e. The number of benzene rings is 1. The van der Waals surface area contributed by atoms with Crippen LogP contribution in [0.3, 0.4) is 0 Å². The molecule has 1 heterocycles. The van der Waals surface area contributed by atoms with E-state index < -0.39 is 10.0 Å². The third-order valence-electron chi connectivity index (χ3n) is 2.31. The molecule has 0 saturated heterocycles. The summed E-state index contributed by atoms with van der Waals surface area (Å²) in [6.45, 7) is 0.0563. The number of sulfonamides is 1. The molecule has 0 fully saturated rings. The number of halogens is 2. The number of hydrogen-bond acceptors (Lipinski definition) is 4. The number of anilines is 1. The number of imidazole rings is 1. The van der Waals surface area contributed by atoms with Gasteiger partial charge >= 0.3 is 0 Å². The first kappa shape index (κ1) is 14.1. The Labute approximate surface area is 120 Å². The van der Waals surface area contributed by atoms with Gasteiger partial charge in [0.05, 0.1) is 23.6 Å². The molecule has 0 unspecified atom stereocenters. The number of aromatic nitrogens is 2. The second-order valence-corrected chi connectivity index (χ2v) is 6.25. The topological polar surface area (TPSA) is 101 Å². The summed E-state index contributed by atoms with van der Waals surface area (Å²) in [5, 5.41) is 0.247. The molecule has 19 heavy (non-hydrogen) atoms. The van der Waals surface area contributed by atoms with Crippen LogP contribution in [-0.4, -0.2) is 18.4 Å². The number of H-pyrrole nitrogens is 1. The van der Waals surface area contributed by atoms with E-state index in [9.17, 15) is 8.42 Å². The molecule has 4 N–H and O–H groups in total. The summed E-state index contributed by atoms with van der Waals surface area (Å²) < 4.78 is 26.6. The minimum absolute atomic E-state index is 0.00499. The molecule has 0 atom stereocenters. The van der Waals surface area contributed by atoms with Crippen LogP contribution < -0.4 is 10.5 Å². The first-order valence-electron chi connectivity index (χ1n) is 5.11. The number of hydrogen-bond donors (Lipinski definition) is 3. The Kier molecular flexibility index (Phi) is 4.00. The van der Waals surface area contributed by atoms with Crippen molar-refractivity contribution < 1.29 is 8.42 Å². The van der Waals surface area contributed by atoms with Crippen molar-refractivity contribution in [2.24, 2.45) is 0 Å². The number of aromatic amines is 1. The maximum atomic E-state index is 12.1. The second-order valence-electron chi connectivity index (χ2n) is 3.71. The van der Waals surface area contributed by atoms with Crippen LogP contribution in [0.2, 0.25) is 10.0 Å². The Bertz CT molecular complexity index is 663. The Hall–Kier alpha value is -1.28. The Morgan fingerprint density at radius 3 is 2.68 bits per heavy atom. The first-order chi connectivity index (χ1) is 8.90. The summed E-state index contributed by atoms with van der Waals surface area (Å²) in [4.78, 5) is 6.38. The van der Waals surface area contributed by atoms with E-state index in [1.165, 1.54) is 24.7 Å². The van der Waals surface area contributed by atoms with Gasteiger partial charge in [0.2, 0.25) is 10.0 Å². The molecule has 1 aromatic heterocycles. The van der Waals surface area contributed by atoms with Gasteiger partial charge < -0.3 is 10.7 Å². The summed E-state index contributed by atoms with van der Waals surface area (Å²) >= 11 is 11.6. The van der Waals surface area contributed by atoms with Crippen molar-refractivity contribution in [3.8, 4) is 0 Å². The molecule has 0 radical (unpaired) electrons. The van der Waals surface area contributed by atoms with Gasteiger partial charge in [0.25, 0.3) is 0 Å². The van der Waals surface area contributed by atoms with Gasteiger partial charge in [-0.1, -0.05) is 23.2 Å². The molecular formula is C10H10Cl2N4O2S. The van der Waals surface area contributed by atoms with Crippen LogP contribution in [0.25, 0.3) is 0 Å². The Balaban J connectivity index is 2.29. The summed E-state index contributed by atoms with van der Waals surface area (Å²) in [5.41, 5.74) is 6.26. The lowest BCUT2D eigenvalue weighted by atomic mass is 10.3. The van der Waals surface area contributed by atoms with Gasteiger partial charge in [-0.2, -0.15) is 0 Å². The van der Waals surface area contributed by atoms with Gasteiger partial charge in [0.15, 0.2) is 0 Å². The molecule has 0 aliphatic heterocycles. The predicted octanol–water partition coefficient (Wildman–Crippen LogP) is 1.78. The fourth-order valence-electron chi connectivity index (χ4n) is 1.49. The molecule has 9 heteroatoms. The minimum atomic E-state index is -3.83. The largest absolute Gasteiger partial charge is 0.398 e. The lowest BCUT2D eigenvalue weighted by Gasteiger charge is -2.10. The molecule has 2 rings (SSSR count). The summed E-state index contributed by atoms with van der Waals surface area (Å²) in [6, 6.07) is 2.66. The van der Waals surface area contributed by atoms with Crippen LogP contribution in [0.1, 0.15) is 5.69 Å². The van der Waals surface area contributed by atoms with Crippen molar-refractivity contribution in [3.63, 3.8) is 0 Å². The smallest absolute Gasteiger partial charge is 0.244 e. The number of nitrogens with zero attached hydrogens (tertiary/aromatic N) is 1. The molecule has 1 aromatic carbocycles. The molecule has 6 nitrogen and oxygen atoms in total. The van der Waals surface area contributed by atoms with Crippen LogP contribution in [-0.2, 0) is 16.6 Å². The van der Waals surface area contributed by atoms with Gasteiger partial charge in [0.1, 0.15) is 4.90 Å². The average molecular weight is 321 g/mol. The fraction of sp³-hybridized carbons (Fsp3) is 0.100. The van der Waals surface area contributed by atoms with Gasteiger partial charge in [-0.25, -0.2) is 18.1 Å². The number of nitrogens with two attached hydrogens (primary N) is 1. The van der Waals surface area contributed by atoms with E-state index in [2.05, 4.69) is 14.7 Å². The number of nitrogen functional groups attached to an aromatic ring is 1. The van der Waals surface area contributed by atoms with E-state index >= 15 is 0 Å². The predicted molar refractivity (Wildman–Crippen MR) is 73.5 cm³/mol. The molecule has 0 bridgehead atoms. The van der Waals surface area contributed by atoms with Crippen molar-refractivity contribution in [1.82, 2.24) is 14.7 Å². The van der Waals surface area contributed by atoms with E-state index in [4.69, 9.17) is 28.9 Å². The number of rotatable bonds is 4. The van der Waals surface area contributed by atoms with Gasteiger partial charge in [0, 0.05) is 16.9 Å². The molecular weight excluding hydrogens is 311 g/mol. The fourth-order valence-corrected chi connectivity index (χ4v) is 3.48. The van der Waals surface area contributed by atoms with Crippen LogP contribution in [0.4, 0.5) is 5.69 Å². The van der Waals surface area contributed by atoms with E-state index in [1.54, 1.807) is 0 Å². The summed E-state index contributed by atoms with van der Waals surface area (Å²) in [7, 11) is -3.83. The van der Waals surface area contributed by atoms with Crippen LogP contribution in [0.15, 0.2) is 29.6 Å². The van der Waals surface area contributed by atoms with E-state index in [0.29, 0.717) is 5.69 Å². The molecule has 2 aromatic rings. The van der Waals surface area contributed by atoms with Crippen molar-refractivity contribution >= 4 is 38.9 Å². The zero-order valence-corrected chi connectivity index (χ0v) is 11.9. The van der Waals surface area contributed by atoms with Crippen molar-refractivity contribution in [3.05, 3.63) is 40.4 Å². The lowest BCUT2D eigenvalue weighted by Crippen LogP contribution is -2.24. The maximum Gasteiger partial charge on any atom is 0.244 e. The highest BCUT2D eigenvalue weighted by atomic mass is 35.5. The second kappa shape index (κ2) is 5.38. The van der Waals surface area contributed by atoms with Crippen molar-refractivity contribution in [2.45, 2.75) is 11.4 Å². The molecule has 0 aliphatic rings. The van der Waals surface area contributed by atoms with Crippen molar-refractivity contribution in [2.75, 3.05) is 5.73 Å². The summed E-state index contributed by atoms with van der Waals surface area (Å²) in [6.07, 6.45) is 2.96. The molecule has 0 spiro atoms. The average Bonchev–Trinajstić information content (AvgIpc) is 2.77. The SMILES string of the molecule is Nc1cc(Cl)cc(Cl)c1S(=O)(=O)NCc1cnc[nH]1. The third-order valence-corrected chi connectivity index (χ3v) is 4.46. The summed E-state index contributed by atoms with van der Waals surface area (Å²) in [5.74, 6) is 0. The van der Waals surface area contributed by atoms with Gasteiger partial charge in [-0.05, 0) is 12.1 Å². The molecule has 0 saturated carbocycles. The highest BCUT2D eigenvalue weighted by molar-refractivity contribution is 7.89. The van der Waals surface area contributed by atoms with Crippen LogP contribution in [0, 0.1) is 0 Å². The third kappa shape index (κ3) is 3.19. The monoisotopic (exact) mass is 320 g/mol. The van der Waals surface area contributed by atoms with Gasteiger partial charge in [-0.3, -0.25) is 0 Å². The van der Waals surface area contributed by atoms with E-state index in [-0.39, 0.29) is 27.2 Å². The maximum absolute atomic E-state index is 12.1. The molecule has 0 amide bonds. The quantitative estimate of drug-likeness (QED) is 0.747. The zero-order chi connectivity index (χ0) is 14.0. The normalized spacial score (nSPS) is 11.7. The van der Waals surface area contributed by atoms with Crippen LogP contribution >= 0.6 is 23.2 Å². The Morgan fingerprint density at radius 1 is 1.37 bits per heavy atom. The highest BCUT2D eigenvalue weighted by Gasteiger charge is 2.21. The number of nitrogens with one attached hydrogen (secondary N) is 2. The molecule has 0 aliphatic carbocycles. The van der Waals surface area contributed by atoms with Gasteiger partial charge in [-0.15, -0.1) is 0 Å². The van der Waals surface area contributed by atoms with Crippen LogP contribution in [0.5, 0.6) is 0 Å². The standard InChI is InChI=1S/C10H10Cl2N4O2S/c11-6-1-8(12)10(9(13)2-6)19(17,18)16-4-7-3-14-5-15-7/h1-3,5,16H,4,13H2,(H,14,15). The van der Waals surface area contributed by atoms with E-state index in [0.717, 1.165) is 0 Å². The van der Waals surface area contributed by atoms with E-state index in [1.807, 2.05) is 0 Å². The zero-order valence-electron chi connectivity index (χ0n) is 9.52. The highest BCUT2D eigenvalue weighted by Crippen LogP contribution is 2.30. The lowest BCUT2D eigenvalue weighted by molar-refractivity contribution is 0.581. The first-order valence-corrected chi connectivity index (χ1v) is 7.35. The Morgan fingerprint density at radius 2 is 2.11 bits per heavy atom.